The lowest BCUT2D eigenvalue weighted by molar-refractivity contribution is 0.288. The molecule has 0 fully saturated rings. The number of hydrogen-bond donors (Lipinski definition) is 0. The molecule has 0 atom stereocenters. The summed E-state index contributed by atoms with van der Waals surface area (Å²) in [5.74, 6) is 0.461. The third-order valence-corrected chi connectivity index (χ3v) is 2.41. The van der Waals surface area contributed by atoms with Crippen molar-refractivity contribution in [3.8, 4) is 17.9 Å². The molecule has 0 aliphatic carbocycles. The van der Waals surface area contributed by atoms with Gasteiger partial charge in [-0.2, -0.15) is 10.5 Å². The van der Waals surface area contributed by atoms with Crippen LogP contribution in [0.3, 0.4) is 0 Å². The van der Waals surface area contributed by atoms with E-state index >= 15 is 0 Å². The number of rotatable bonds is 5. The molecular formula is C15H15FN2O. The van der Waals surface area contributed by atoms with E-state index in [2.05, 4.69) is 13.8 Å². The minimum Gasteiger partial charge on any atom is -0.493 e. The maximum absolute atomic E-state index is 13.4. The van der Waals surface area contributed by atoms with E-state index in [1.807, 2.05) is 0 Å². The zero-order valence-corrected chi connectivity index (χ0v) is 11.0. The molecular weight excluding hydrogens is 243 g/mol. The topological polar surface area (TPSA) is 56.8 Å². The maximum Gasteiger partial charge on any atom is 0.130 e. The summed E-state index contributed by atoms with van der Waals surface area (Å²) >= 11 is 0. The van der Waals surface area contributed by atoms with E-state index in [4.69, 9.17) is 15.3 Å². The van der Waals surface area contributed by atoms with Crippen LogP contribution in [0.15, 0.2) is 23.8 Å². The van der Waals surface area contributed by atoms with Crippen LogP contribution in [0.5, 0.6) is 5.75 Å². The highest BCUT2D eigenvalue weighted by molar-refractivity contribution is 5.63. The van der Waals surface area contributed by atoms with Crippen LogP contribution in [-0.4, -0.2) is 6.61 Å². The fourth-order valence-corrected chi connectivity index (χ4v) is 1.42. The Balaban J connectivity index is 2.87. The number of allylic oxidation sites excluding steroid dienone is 1. The summed E-state index contributed by atoms with van der Waals surface area (Å²) in [6, 6.07) is 7.62. The van der Waals surface area contributed by atoms with Crippen molar-refractivity contribution in [1.82, 2.24) is 0 Å². The summed E-state index contributed by atoms with van der Waals surface area (Å²) in [6.07, 6.45) is 2.21. The zero-order chi connectivity index (χ0) is 14.3. The zero-order valence-electron chi connectivity index (χ0n) is 11.0. The molecule has 0 aliphatic rings. The lowest BCUT2D eigenvalue weighted by Gasteiger charge is -2.09. The molecule has 3 nitrogen and oxygen atoms in total. The predicted molar refractivity (Wildman–Crippen MR) is 70.6 cm³/mol. The predicted octanol–water partition coefficient (Wildman–Crippen LogP) is 3.68. The molecule has 1 aromatic rings. The molecule has 1 aromatic carbocycles. The van der Waals surface area contributed by atoms with Gasteiger partial charge in [-0.3, -0.25) is 0 Å². The van der Waals surface area contributed by atoms with Crippen LogP contribution in [0.25, 0.3) is 6.08 Å². The van der Waals surface area contributed by atoms with Gasteiger partial charge in [-0.05, 0) is 36.1 Å². The maximum atomic E-state index is 13.4. The number of benzene rings is 1. The Morgan fingerprint density at radius 2 is 2.00 bits per heavy atom. The first-order valence-corrected chi connectivity index (χ1v) is 6.00. The van der Waals surface area contributed by atoms with Gasteiger partial charge in [0, 0.05) is 6.07 Å². The average molecular weight is 258 g/mol. The summed E-state index contributed by atoms with van der Waals surface area (Å²) in [7, 11) is 0. The van der Waals surface area contributed by atoms with Gasteiger partial charge >= 0.3 is 0 Å². The van der Waals surface area contributed by atoms with Gasteiger partial charge in [0.2, 0.25) is 0 Å². The van der Waals surface area contributed by atoms with Gasteiger partial charge in [-0.15, -0.1) is 0 Å². The summed E-state index contributed by atoms with van der Waals surface area (Å²) in [4.78, 5) is 0. The molecule has 0 amide bonds. The second-order valence-electron chi connectivity index (χ2n) is 4.53. The van der Waals surface area contributed by atoms with Gasteiger partial charge in [0.15, 0.2) is 0 Å². The molecule has 4 heteroatoms. The van der Waals surface area contributed by atoms with E-state index in [1.54, 1.807) is 18.2 Å². The molecule has 1 rings (SSSR count). The molecule has 0 saturated heterocycles. The number of halogens is 1. The molecule has 0 bridgehead atoms. The number of ether oxygens (including phenoxy) is 1. The van der Waals surface area contributed by atoms with Crippen molar-refractivity contribution in [2.75, 3.05) is 6.61 Å². The fourth-order valence-electron chi connectivity index (χ4n) is 1.42. The average Bonchev–Trinajstić information content (AvgIpc) is 2.35. The highest BCUT2D eigenvalue weighted by Gasteiger charge is 2.03. The lowest BCUT2D eigenvalue weighted by atomic mass is 10.1. The van der Waals surface area contributed by atoms with Gasteiger partial charge in [0.05, 0.1) is 6.61 Å². The SMILES string of the molecule is CC(C)CCOc1cc(F)cc(C=C(C#N)C#N)c1. The summed E-state index contributed by atoms with van der Waals surface area (Å²) < 4.78 is 18.8. The van der Waals surface area contributed by atoms with E-state index in [9.17, 15) is 4.39 Å². The Labute approximate surface area is 112 Å². The number of nitrogens with zero attached hydrogens (tertiary/aromatic N) is 2. The van der Waals surface area contributed by atoms with Gasteiger partial charge in [-0.1, -0.05) is 13.8 Å². The summed E-state index contributed by atoms with van der Waals surface area (Å²) in [5, 5.41) is 17.3. The van der Waals surface area contributed by atoms with Gasteiger partial charge in [-0.25, -0.2) is 4.39 Å². The standard InChI is InChI=1S/C15H15FN2O/c1-11(2)3-4-19-15-7-12(6-14(16)8-15)5-13(9-17)10-18/h5-8,11H,3-4H2,1-2H3. The minimum atomic E-state index is -0.455. The Hall–Kier alpha value is -2.33. The second kappa shape index (κ2) is 7.18. The van der Waals surface area contributed by atoms with Crippen molar-refractivity contribution in [2.45, 2.75) is 20.3 Å². The van der Waals surface area contributed by atoms with E-state index in [0.717, 1.165) is 6.42 Å². The van der Waals surface area contributed by atoms with Crippen LogP contribution in [0, 0.1) is 34.4 Å². The van der Waals surface area contributed by atoms with Crippen molar-refractivity contribution in [3.05, 3.63) is 35.2 Å². The molecule has 0 radical (unpaired) electrons. The second-order valence-corrected chi connectivity index (χ2v) is 4.53. The fraction of sp³-hybridized carbons (Fsp3) is 0.333. The lowest BCUT2D eigenvalue weighted by Crippen LogP contribution is -2.01. The molecule has 98 valence electrons. The summed E-state index contributed by atoms with van der Waals surface area (Å²) in [6.45, 7) is 4.66. The van der Waals surface area contributed by atoms with Crippen molar-refractivity contribution in [2.24, 2.45) is 5.92 Å². The molecule has 0 aromatic heterocycles. The van der Waals surface area contributed by atoms with Gasteiger partial charge in [0.1, 0.15) is 29.3 Å². The molecule has 0 spiro atoms. The van der Waals surface area contributed by atoms with Gasteiger partial charge < -0.3 is 4.74 Å². The van der Waals surface area contributed by atoms with Crippen molar-refractivity contribution >= 4 is 6.08 Å². The molecule has 0 heterocycles. The van der Waals surface area contributed by atoms with Crippen molar-refractivity contribution in [1.29, 1.82) is 10.5 Å². The monoisotopic (exact) mass is 258 g/mol. The first-order chi connectivity index (χ1) is 9.05. The Morgan fingerprint density at radius 1 is 1.32 bits per heavy atom. The van der Waals surface area contributed by atoms with E-state index in [-0.39, 0.29) is 5.57 Å². The third-order valence-electron chi connectivity index (χ3n) is 2.41. The molecule has 0 saturated carbocycles. The first kappa shape index (κ1) is 14.7. The van der Waals surface area contributed by atoms with Crippen LogP contribution in [-0.2, 0) is 0 Å². The quantitative estimate of drug-likeness (QED) is 0.757. The summed E-state index contributed by atoms with van der Waals surface area (Å²) in [5.41, 5.74) is 0.372. The van der Waals surface area contributed by atoms with E-state index < -0.39 is 5.82 Å². The Kier molecular flexibility index (Phi) is 5.57. The Morgan fingerprint density at radius 3 is 2.58 bits per heavy atom. The van der Waals surface area contributed by atoms with E-state index in [1.165, 1.54) is 18.2 Å². The minimum absolute atomic E-state index is 0.0706. The highest BCUT2D eigenvalue weighted by atomic mass is 19.1. The van der Waals surface area contributed by atoms with Crippen LogP contribution < -0.4 is 4.74 Å². The van der Waals surface area contributed by atoms with Crippen LogP contribution in [0.4, 0.5) is 4.39 Å². The van der Waals surface area contributed by atoms with Crippen molar-refractivity contribution in [3.63, 3.8) is 0 Å². The first-order valence-electron chi connectivity index (χ1n) is 6.00. The number of nitriles is 2. The largest absolute Gasteiger partial charge is 0.493 e. The number of hydrogen-bond acceptors (Lipinski definition) is 3. The smallest absolute Gasteiger partial charge is 0.130 e. The third kappa shape index (κ3) is 5.23. The van der Waals surface area contributed by atoms with Gasteiger partial charge in [0.25, 0.3) is 0 Å². The van der Waals surface area contributed by atoms with E-state index in [0.29, 0.717) is 23.8 Å². The molecule has 0 unspecified atom stereocenters. The molecule has 0 N–H and O–H groups in total. The normalized spacial score (nSPS) is 9.58. The molecule has 0 aliphatic heterocycles. The van der Waals surface area contributed by atoms with Crippen molar-refractivity contribution < 1.29 is 9.13 Å². The van der Waals surface area contributed by atoms with Crippen LogP contribution in [0.2, 0.25) is 0 Å². The van der Waals surface area contributed by atoms with Crippen LogP contribution in [0.1, 0.15) is 25.8 Å². The Bertz CT molecular complexity index is 534. The van der Waals surface area contributed by atoms with Crippen LogP contribution >= 0.6 is 0 Å². The highest BCUT2D eigenvalue weighted by Crippen LogP contribution is 2.19. The molecule has 19 heavy (non-hydrogen) atoms.